The Balaban J connectivity index is 0.00000195. The van der Waals surface area contributed by atoms with Crippen molar-refractivity contribution in [3.05, 3.63) is 77.6 Å². The summed E-state index contributed by atoms with van der Waals surface area (Å²) in [4.78, 5) is 34.0. The first-order valence-corrected chi connectivity index (χ1v) is 13.6. The summed E-state index contributed by atoms with van der Waals surface area (Å²) in [6.07, 6.45) is 8.04. The number of benzene rings is 1. The molecule has 1 aromatic heterocycles. The summed E-state index contributed by atoms with van der Waals surface area (Å²) < 4.78 is 5.23. The average molecular weight is 520 g/mol. The number of carbonyl (C=O) groups excluding carboxylic acids is 2. The molecule has 0 atom stereocenters. The normalized spacial score (nSPS) is 16.7. The Morgan fingerprint density at radius 2 is 1.87 bits per heavy atom. The monoisotopic (exact) mass is 519 g/mol. The third kappa shape index (κ3) is 8.45. The van der Waals surface area contributed by atoms with E-state index in [9.17, 15) is 9.59 Å². The SMILES string of the molecule is CC.CCOC(=O)/C(=C\C1=CCN(C(=O)C2CCN(Cc3ccnc(N)c3)CC2)CC1)Nc1ccccc1. The number of ether oxygens (including phenoxy) is 1. The van der Waals surface area contributed by atoms with Crippen molar-refractivity contribution >= 4 is 23.4 Å². The second kappa shape index (κ2) is 14.9. The Hall–Kier alpha value is -3.65. The maximum Gasteiger partial charge on any atom is 0.354 e. The van der Waals surface area contributed by atoms with Crippen LogP contribution in [-0.4, -0.2) is 59.4 Å². The van der Waals surface area contributed by atoms with Crippen LogP contribution in [0.4, 0.5) is 11.5 Å². The van der Waals surface area contributed by atoms with E-state index in [1.807, 2.05) is 73.4 Å². The lowest BCUT2D eigenvalue weighted by Crippen LogP contribution is -2.43. The number of rotatable bonds is 8. The van der Waals surface area contributed by atoms with Gasteiger partial charge in [0.25, 0.3) is 0 Å². The fraction of sp³-hybridized carbons (Fsp3) is 0.433. The third-order valence-electron chi connectivity index (χ3n) is 6.62. The van der Waals surface area contributed by atoms with Crippen molar-refractivity contribution in [3.8, 4) is 0 Å². The first kappa shape index (κ1) is 28.9. The van der Waals surface area contributed by atoms with Crippen LogP contribution in [-0.2, 0) is 20.9 Å². The Kier molecular flexibility index (Phi) is 11.4. The van der Waals surface area contributed by atoms with Crippen molar-refractivity contribution < 1.29 is 14.3 Å². The highest BCUT2D eigenvalue weighted by Gasteiger charge is 2.29. The summed E-state index contributed by atoms with van der Waals surface area (Å²) in [5.41, 5.74) is 9.19. The lowest BCUT2D eigenvalue weighted by atomic mass is 9.94. The van der Waals surface area contributed by atoms with Gasteiger partial charge in [-0.05, 0) is 80.8 Å². The number of carbonyl (C=O) groups is 2. The molecule has 1 aromatic carbocycles. The lowest BCUT2D eigenvalue weighted by molar-refractivity contribution is -0.138. The molecule has 1 fully saturated rings. The van der Waals surface area contributed by atoms with Gasteiger partial charge in [0.15, 0.2) is 0 Å². The Labute approximate surface area is 226 Å². The van der Waals surface area contributed by atoms with Crippen LogP contribution >= 0.6 is 0 Å². The molecule has 204 valence electrons. The zero-order valence-electron chi connectivity index (χ0n) is 22.9. The summed E-state index contributed by atoms with van der Waals surface area (Å²) in [6, 6.07) is 13.5. The molecule has 2 aliphatic heterocycles. The number of hydrogen-bond acceptors (Lipinski definition) is 7. The van der Waals surface area contributed by atoms with E-state index in [0.29, 0.717) is 37.6 Å². The second-order valence-electron chi connectivity index (χ2n) is 9.22. The quantitative estimate of drug-likeness (QED) is 0.388. The number of esters is 1. The van der Waals surface area contributed by atoms with Crippen LogP contribution in [0.3, 0.4) is 0 Å². The lowest BCUT2D eigenvalue weighted by Gasteiger charge is -2.35. The van der Waals surface area contributed by atoms with Crippen LogP contribution in [0, 0.1) is 5.92 Å². The number of pyridine rings is 1. The van der Waals surface area contributed by atoms with Crippen LogP contribution in [0.2, 0.25) is 0 Å². The number of likely N-dealkylation sites (tertiary alicyclic amines) is 1. The maximum atomic E-state index is 13.2. The van der Waals surface area contributed by atoms with E-state index >= 15 is 0 Å². The van der Waals surface area contributed by atoms with E-state index in [-0.39, 0.29) is 17.8 Å². The van der Waals surface area contributed by atoms with Crippen molar-refractivity contribution in [2.45, 2.75) is 46.6 Å². The Morgan fingerprint density at radius 1 is 1.13 bits per heavy atom. The minimum atomic E-state index is -0.387. The van der Waals surface area contributed by atoms with Gasteiger partial charge in [0.2, 0.25) is 5.91 Å². The number of nitrogens with one attached hydrogen (secondary N) is 1. The largest absolute Gasteiger partial charge is 0.461 e. The van der Waals surface area contributed by atoms with E-state index in [2.05, 4.69) is 15.2 Å². The van der Waals surface area contributed by atoms with Crippen LogP contribution < -0.4 is 11.1 Å². The van der Waals surface area contributed by atoms with Crippen molar-refractivity contribution in [1.82, 2.24) is 14.8 Å². The highest BCUT2D eigenvalue weighted by molar-refractivity contribution is 5.92. The summed E-state index contributed by atoms with van der Waals surface area (Å²) in [5, 5.41) is 3.17. The minimum absolute atomic E-state index is 0.0593. The number of nitrogens with two attached hydrogens (primary N) is 1. The molecule has 2 aromatic rings. The Morgan fingerprint density at radius 3 is 2.50 bits per heavy atom. The van der Waals surface area contributed by atoms with Gasteiger partial charge in [0, 0.05) is 37.4 Å². The first-order valence-electron chi connectivity index (χ1n) is 13.6. The summed E-state index contributed by atoms with van der Waals surface area (Å²) >= 11 is 0. The van der Waals surface area contributed by atoms with E-state index < -0.39 is 0 Å². The van der Waals surface area contributed by atoms with Gasteiger partial charge in [-0.1, -0.05) is 38.1 Å². The van der Waals surface area contributed by atoms with Crippen molar-refractivity contribution in [2.75, 3.05) is 43.8 Å². The fourth-order valence-electron chi connectivity index (χ4n) is 4.68. The predicted octanol–water partition coefficient (Wildman–Crippen LogP) is 4.62. The van der Waals surface area contributed by atoms with Gasteiger partial charge in [-0.25, -0.2) is 9.78 Å². The molecule has 0 spiro atoms. The molecule has 1 amide bonds. The van der Waals surface area contributed by atoms with Gasteiger partial charge >= 0.3 is 5.97 Å². The Bertz CT molecular complexity index is 1110. The van der Waals surface area contributed by atoms with Gasteiger partial charge < -0.3 is 20.7 Å². The highest BCUT2D eigenvalue weighted by Crippen LogP contribution is 2.24. The van der Waals surface area contributed by atoms with E-state index in [0.717, 1.165) is 49.3 Å². The number of nitrogens with zero attached hydrogens (tertiary/aromatic N) is 3. The third-order valence-corrected chi connectivity index (χ3v) is 6.62. The molecule has 0 bridgehead atoms. The molecule has 0 aliphatic carbocycles. The summed E-state index contributed by atoms with van der Waals surface area (Å²) in [5.74, 6) is 0.441. The molecule has 8 nitrogen and oxygen atoms in total. The van der Waals surface area contributed by atoms with Crippen LogP contribution in [0.1, 0.15) is 45.6 Å². The number of aromatic nitrogens is 1. The minimum Gasteiger partial charge on any atom is -0.461 e. The second-order valence-corrected chi connectivity index (χ2v) is 9.22. The molecule has 4 rings (SSSR count). The number of piperidine rings is 1. The van der Waals surface area contributed by atoms with Crippen molar-refractivity contribution in [3.63, 3.8) is 0 Å². The molecular formula is C30H41N5O3. The van der Waals surface area contributed by atoms with Crippen molar-refractivity contribution in [1.29, 1.82) is 0 Å². The highest BCUT2D eigenvalue weighted by atomic mass is 16.5. The van der Waals surface area contributed by atoms with E-state index in [1.54, 1.807) is 13.1 Å². The molecular weight excluding hydrogens is 478 g/mol. The first-order chi connectivity index (χ1) is 18.5. The van der Waals surface area contributed by atoms with Gasteiger partial charge in [-0.15, -0.1) is 0 Å². The molecule has 0 unspecified atom stereocenters. The van der Waals surface area contributed by atoms with E-state index in [1.165, 1.54) is 0 Å². The molecule has 3 N–H and O–H groups in total. The number of nitrogen functional groups attached to an aromatic ring is 1. The zero-order chi connectivity index (χ0) is 27.3. The van der Waals surface area contributed by atoms with Gasteiger partial charge in [-0.2, -0.15) is 0 Å². The number of amides is 1. The molecule has 8 heteroatoms. The van der Waals surface area contributed by atoms with Gasteiger partial charge in [-0.3, -0.25) is 9.69 Å². The average Bonchev–Trinajstić information content (AvgIpc) is 2.95. The number of hydrogen-bond donors (Lipinski definition) is 2. The smallest absolute Gasteiger partial charge is 0.354 e. The van der Waals surface area contributed by atoms with Gasteiger partial charge in [0.05, 0.1) is 6.61 Å². The van der Waals surface area contributed by atoms with Gasteiger partial charge in [0.1, 0.15) is 11.5 Å². The van der Waals surface area contributed by atoms with Crippen molar-refractivity contribution in [2.24, 2.45) is 5.92 Å². The number of allylic oxidation sites excluding steroid dienone is 1. The fourth-order valence-corrected chi connectivity index (χ4v) is 4.68. The summed E-state index contributed by atoms with van der Waals surface area (Å²) in [7, 11) is 0. The maximum absolute atomic E-state index is 13.2. The molecule has 1 saturated heterocycles. The molecule has 3 heterocycles. The predicted molar refractivity (Wildman–Crippen MR) is 152 cm³/mol. The van der Waals surface area contributed by atoms with Crippen LogP contribution in [0.5, 0.6) is 0 Å². The molecule has 2 aliphatic rings. The number of para-hydroxylation sites is 1. The van der Waals surface area contributed by atoms with Crippen LogP contribution in [0.15, 0.2) is 72.1 Å². The molecule has 0 radical (unpaired) electrons. The summed E-state index contributed by atoms with van der Waals surface area (Å²) in [6.45, 7) is 9.93. The number of anilines is 2. The van der Waals surface area contributed by atoms with E-state index in [4.69, 9.17) is 10.5 Å². The zero-order valence-corrected chi connectivity index (χ0v) is 22.9. The molecule has 0 saturated carbocycles. The van der Waals surface area contributed by atoms with Crippen LogP contribution in [0.25, 0.3) is 0 Å². The molecule has 38 heavy (non-hydrogen) atoms. The topological polar surface area (TPSA) is 101 Å². The standard InChI is InChI=1S/C28H35N5O3.C2H6/c1-2-36-28(35)25(31-24-6-4-3-5-7-24)18-21-9-16-33(17-10-21)27(34)23-11-14-32(15-12-23)20-22-8-13-30-26(29)19-22;1-2/h3-9,13,18-19,23,31H,2,10-12,14-17,20H2,1H3,(H2,29,30);1-2H3/b25-18+;.